The minimum absolute atomic E-state index is 0.0988. The molecule has 1 atom stereocenters. The fourth-order valence-corrected chi connectivity index (χ4v) is 3.47. The lowest BCUT2D eigenvalue weighted by Gasteiger charge is -2.20. The number of amides is 1. The number of carbonyl (C=O) groups excluding carboxylic acids is 1. The van der Waals surface area contributed by atoms with Gasteiger partial charge in [-0.15, -0.1) is 11.3 Å². The topological polar surface area (TPSA) is 68.0 Å². The van der Waals surface area contributed by atoms with Crippen molar-refractivity contribution in [3.8, 4) is 0 Å². The molecule has 1 N–H and O–H groups in total. The second-order valence-electron chi connectivity index (χ2n) is 7.70. The van der Waals surface area contributed by atoms with Crippen molar-refractivity contribution in [1.29, 1.82) is 0 Å². The van der Waals surface area contributed by atoms with E-state index in [-0.39, 0.29) is 17.4 Å². The highest BCUT2D eigenvalue weighted by atomic mass is 32.1. The Morgan fingerprint density at radius 3 is 2.50 bits per heavy atom. The van der Waals surface area contributed by atoms with Gasteiger partial charge in [0.1, 0.15) is 22.0 Å². The van der Waals surface area contributed by atoms with E-state index in [1.165, 1.54) is 0 Å². The Kier molecular flexibility index (Phi) is 5.48. The van der Waals surface area contributed by atoms with Gasteiger partial charge in [-0.25, -0.2) is 4.98 Å². The van der Waals surface area contributed by atoms with Gasteiger partial charge in [-0.3, -0.25) is 4.79 Å². The van der Waals surface area contributed by atoms with Gasteiger partial charge in [0.2, 0.25) is 0 Å². The number of hydrogen-bond donors (Lipinski definition) is 1. The van der Waals surface area contributed by atoms with Gasteiger partial charge in [0.25, 0.3) is 5.91 Å². The van der Waals surface area contributed by atoms with E-state index in [9.17, 15) is 4.79 Å². The number of nitrogens with one attached hydrogen (secondary N) is 1. The van der Waals surface area contributed by atoms with E-state index in [4.69, 9.17) is 4.52 Å². The molecule has 0 spiro atoms. The second-order valence-corrected chi connectivity index (χ2v) is 8.58. The lowest BCUT2D eigenvalue weighted by atomic mass is 9.88. The fourth-order valence-electron chi connectivity index (χ4n) is 2.61. The molecule has 0 aliphatic heterocycles. The van der Waals surface area contributed by atoms with Crippen molar-refractivity contribution < 1.29 is 9.32 Å². The van der Waals surface area contributed by atoms with E-state index in [0.717, 1.165) is 17.1 Å². The van der Waals surface area contributed by atoms with Crippen LogP contribution in [0, 0.1) is 19.8 Å². The Balaban J connectivity index is 2.30. The van der Waals surface area contributed by atoms with Crippen LogP contribution >= 0.6 is 11.3 Å². The third kappa shape index (κ3) is 4.23. The van der Waals surface area contributed by atoms with Crippen LogP contribution in [0.1, 0.15) is 79.6 Å². The van der Waals surface area contributed by atoms with Crippen LogP contribution in [-0.4, -0.2) is 16.0 Å². The van der Waals surface area contributed by atoms with Crippen molar-refractivity contribution in [3.05, 3.63) is 33.1 Å². The molecule has 2 aromatic heterocycles. The van der Waals surface area contributed by atoms with Crippen LogP contribution in [-0.2, 0) is 5.41 Å². The van der Waals surface area contributed by atoms with E-state index in [2.05, 4.69) is 29.3 Å². The minimum Gasteiger partial charge on any atom is -0.361 e. The number of aryl methyl sites for hydroxylation is 2. The van der Waals surface area contributed by atoms with Crippen molar-refractivity contribution >= 4 is 17.2 Å². The first kappa shape index (κ1) is 18.6. The molecular weight excluding hydrogens is 322 g/mol. The summed E-state index contributed by atoms with van der Waals surface area (Å²) in [5.41, 5.74) is 1.96. The molecule has 0 fully saturated rings. The molecule has 0 aliphatic rings. The molecule has 0 aromatic carbocycles. The van der Waals surface area contributed by atoms with E-state index in [0.29, 0.717) is 22.9 Å². The van der Waals surface area contributed by atoms with E-state index < -0.39 is 0 Å². The Morgan fingerprint density at radius 2 is 2.00 bits per heavy atom. The summed E-state index contributed by atoms with van der Waals surface area (Å²) >= 11 is 1.59. The van der Waals surface area contributed by atoms with Crippen molar-refractivity contribution in [2.75, 3.05) is 0 Å². The second kappa shape index (κ2) is 7.05. The highest BCUT2D eigenvalue weighted by Crippen LogP contribution is 2.29. The Labute approximate surface area is 147 Å². The molecule has 132 valence electrons. The maximum Gasteiger partial charge on any atom is 0.257 e. The zero-order chi connectivity index (χ0) is 18.1. The first-order valence-electron chi connectivity index (χ1n) is 8.29. The minimum atomic E-state index is -0.254. The van der Waals surface area contributed by atoms with Gasteiger partial charge < -0.3 is 9.84 Å². The Hall–Kier alpha value is -1.69. The molecule has 24 heavy (non-hydrogen) atoms. The summed E-state index contributed by atoms with van der Waals surface area (Å²) in [6, 6.07) is -0.0988. The van der Waals surface area contributed by atoms with E-state index in [1.807, 2.05) is 33.1 Å². The van der Waals surface area contributed by atoms with Crippen molar-refractivity contribution in [3.63, 3.8) is 0 Å². The molecule has 0 saturated heterocycles. The molecule has 2 rings (SSSR count). The average Bonchev–Trinajstić information content (AvgIpc) is 3.03. The van der Waals surface area contributed by atoms with Crippen molar-refractivity contribution in [2.45, 2.75) is 66.3 Å². The molecule has 1 unspecified atom stereocenters. The van der Waals surface area contributed by atoms with Gasteiger partial charge in [0, 0.05) is 16.5 Å². The number of nitrogens with zero attached hydrogens (tertiary/aromatic N) is 2. The number of hydrogen-bond acceptors (Lipinski definition) is 5. The van der Waals surface area contributed by atoms with Crippen LogP contribution in [0.15, 0.2) is 9.90 Å². The molecule has 2 aromatic rings. The third-order valence-electron chi connectivity index (χ3n) is 3.75. The first-order chi connectivity index (χ1) is 11.1. The summed E-state index contributed by atoms with van der Waals surface area (Å²) in [6.07, 6.45) is 0.841. The third-order valence-corrected chi connectivity index (χ3v) is 4.82. The smallest absolute Gasteiger partial charge is 0.257 e. The van der Waals surface area contributed by atoms with Crippen LogP contribution < -0.4 is 5.32 Å². The Morgan fingerprint density at radius 1 is 1.33 bits per heavy atom. The summed E-state index contributed by atoms with van der Waals surface area (Å²) in [5, 5.41) is 10.2. The molecule has 0 saturated carbocycles. The lowest BCUT2D eigenvalue weighted by Crippen LogP contribution is -2.31. The van der Waals surface area contributed by atoms with Crippen molar-refractivity contribution in [1.82, 2.24) is 15.5 Å². The standard InChI is InChI=1S/C18H27N3O2S/c1-10(2)8-13(17-19-11(3)9-24-17)20-16(22)14-12(4)23-21-15(14)18(5,6)7/h9-10,13H,8H2,1-7H3,(H,20,22). The van der Waals surface area contributed by atoms with Gasteiger partial charge in [0.05, 0.1) is 6.04 Å². The summed E-state index contributed by atoms with van der Waals surface area (Å²) < 4.78 is 5.29. The normalized spacial score (nSPS) is 13.3. The van der Waals surface area contributed by atoms with Crippen LogP contribution in [0.25, 0.3) is 0 Å². The predicted molar refractivity (Wildman–Crippen MR) is 96.5 cm³/mol. The maximum absolute atomic E-state index is 12.9. The summed E-state index contributed by atoms with van der Waals surface area (Å²) in [4.78, 5) is 17.5. The SMILES string of the molecule is Cc1csc(C(CC(C)C)NC(=O)c2c(C(C)(C)C)noc2C)n1. The van der Waals surface area contributed by atoms with Crippen LogP contribution in [0.2, 0.25) is 0 Å². The van der Waals surface area contributed by atoms with Crippen LogP contribution in [0.3, 0.4) is 0 Å². The maximum atomic E-state index is 12.9. The summed E-state index contributed by atoms with van der Waals surface area (Å²) in [5.74, 6) is 0.860. The Bertz CT molecular complexity index is 710. The monoisotopic (exact) mass is 349 g/mol. The average molecular weight is 350 g/mol. The van der Waals surface area contributed by atoms with Crippen LogP contribution in [0.4, 0.5) is 0 Å². The van der Waals surface area contributed by atoms with Gasteiger partial charge in [0.15, 0.2) is 0 Å². The molecule has 1 amide bonds. The quantitative estimate of drug-likeness (QED) is 0.859. The molecule has 6 heteroatoms. The zero-order valence-corrected chi connectivity index (χ0v) is 16.4. The largest absolute Gasteiger partial charge is 0.361 e. The molecule has 0 radical (unpaired) electrons. The van der Waals surface area contributed by atoms with Crippen LogP contribution in [0.5, 0.6) is 0 Å². The van der Waals surface area contributed by atoms with Gasteiger partial charge in [-0.1, -0.05) is 39.8 Å². The fraction of sp³-hybridized carbons (Fsp3) is 0.611. The zero-order valence-electron chi connectivity index (χ0n) is 15.6. The van der Waals surface area contributed by atoms with Gasteiger partial charge >= 0.3 is 0 Å². The first-order valence-corrected chi connectivity index (χ1v) is 9.17. The van der Waals surface area contributed by atoms with Gasteiger partial charge in [-0.2, -0.15) is 0 Å². The number of carbonyl (C=O) groups is 1. The number of thiazole rings is 1. The molecular formula is C18H27N3O2S. The van der Waals surface area contributed by atoms with Gasteiger partial charge in [-0.05, 0) is 26.2 Å². The van der Waals surface area contributed by atoms with E-state index in [1.54, 1.807) is 18.3 Å². The molecule has 0 aliphatic carbocycles. The predicted octanol–water partition coefficient (Wildman–Crippen LogP) is 4.56. The summed E-state index contributed by atoms with van der Waals surface area (Å²) in [7, 11) is 0. The molecule has 5 nitrogen and oxygen atoms in total. The highest BCUT2D eigenvalue weighted by Gasteiger charge is 2.30. The molecule has 0 bridgehead atoms. The number of aromatic nitrogens is 2. The summed E-state index contributed by atoms with van der Waals surface area (Å²) in [6.45, 7) is 14.1. The lowest BCUT2D eigenvalue weighted by molar-refractivity contribution is 0.0928. The highest BCUT2D eigenvalue weighted by molar-refractivity contribution is 7.09. The molecule has 2 heterocycles. The van der Waals surface area contributed by atoms with E-state index >= 15 is 0 Å². The number of rotatable bonds is 5. The van der Waals surface area contributed by atoms with Crippen molar-refractivity contribution in [2.24, 2.45) is 5.92 Å².